The number of anilines is 1. The molecule has 0 aromatic carbocycles. The third-order valence-electron chi connectivity index (χ3n) is 2.14. The predicted octanol–water partition coefficient (Wildman–Crippen LogP) is 1.04. The van der Waals surface area contributed by atoms with E-state index in [9.17, 15) is 4.79 Å². The highest BCUT2D eigenvalue weighted by atomic mass is 32.1. The molecule has 0 radical (unpaired) electrons. The minimum Gasteiger partial charge on any atom is -0.388 e. The molecule has 0 atom stereocenters. The second-order valence-electron chi connectivity index (χ2n) is 4.19. The van der Waals surface area contributed by atoms with Gasteiger partial charge in [-0.15, -0.1) is 0 Å². The van der Waals surface area contributed by atoms with E-state index in [-0.39, 0.29) is 16.9 Å². The number of nitrogens with one attached hydrogen (secondary N) is 2. The Morgan fingerprint density at radius 2 is 2.28 bits per heavy atom. The summed E-state index contributed by atoms with van der Waals surface area (Å²) in [4.78, 5) is 15.7. The number of hydrogen-bond donors (Lipinski definition) is 3. The van der Waals surface area contributed by atoms with Gasteiger partial charge < -0.3 is 16.4 Å². The molecule has 0 aliphatic carbocycles. The van der Waals surface area contributed by atoms with E-state index in [1.54, 1.807) is 12.3 Å². The summed E-state index contributed by atoms with van der Waals surface area (Å²) in [6.45, 7) is 4.42. The summed E-state index contributed by atoms with van der Waals surface area (Å²) in [7, 11) is 0. The SMILES string of the molecule is CC(C)NC(=O)CCNc1ccnc(C(N)=S)c1. The first-order chi connectivity index (χ1) is 8.49. The molecule has 1 aromatic rings. The largest absolute Gasteiger partial charge is 0.388 e. The summed E-state index contributed by atoms with van der Waals surface area (Å²) in [5, 5.41) is 5.95. The minimum absolute atomic E-state index is 0.0288. The minimum atomic E-state index is 0.0288. The molecule has 0 bridgehead atoms. The van der Waals surface area contributed by atoms with Gasteiger partial charge in [-0.05, 0) is 26.0 Å². The molecule has 4 N–H and O–H groups in total. The van der Waals surface area contributed by atoms with Gasteiger partial charge in [0.1, 0.15) is 4.99 Å². The highest BCUT2D eigenvalue weighted by Gasteiger charge is 2.03. The van der Waals surface area contributed by atoms with Crippen LogP contribution in [0.1, 0.15) is 26.0 Å². The maximum absolute atomic E-state index is 11.4. The number of rotatable bonds is 6. The third kappa shape index (κ3) is 5.09. The van der Waals surface area contributed by atoms with Gasteiger partial charge in [0.25, 0.3) is 0 Å². The van der Waals surface area contributed by atoms with Crippen molar-refractivity contribution in [1.82, 2.24) is 10.3 Å². The first-order valence-electron chi connectivity index (χ1n) is 5.78. The van der Waals surface area contributed by atoms with Crippen LogP contribution in [0, 0.1) is 0 Å². The van der Waals surface area contributed by atoms with Gasteiger partial charge in [-0.25, -0.2) is 0 Å². The highest BCUT2D eigenvalue weighted by Crippen LogP contribution is 2.07. The molecule has 98 valence electrons. The zero-order valence-electron chi connectivity index (χ0n) is 10.6. The Labute approximate surface area is 112 Å². The Hall–Kier alpha value is -1.69. The van der Waals surface area contributed by atoms with Crippen LogP contribution in [0.15, 0.2) is 18.3 Å². The average molecular weight is 266 g/mol. The van der Waals surface area contributed by atoms with Gasteiger partial charge in [0, 0.05) is 30.9 Å². The Bertz CT molecular complexity index is 434. The Morgan fingerprint density at radius 3 is 2.89 bits per heavy atom. The molecule has 1 amide bonds. The van der Waals surface area contributed by atoms with Crippen molar-refractivity contribution < 1.29 is 4.79 Å². The molecule has 1 aromatic heterocycles. The lowest BCUT2D eigenvalue weighted by atomic mass is 10.3. The van der Waals surface area contributed by atoms with Crippen LogP contribution in [-0.4, -0.2) is 28.5 Å². The van der Waals surface area contributed by atoms with E-state index in [4.69, 9.17) is 18.0 Å². The summed E-state index contributed by atoms with van der Waals surface area (Å²) < 4.78 is 0. The molecule has 0 saturated carbocycles. The van der Waals surface area contributed by atoms with Crippen LogP contribution in [0.2, 0.25) is 0 Å². The molecule has 6 heteroatoms. The van der Waals surface area contributed by atoms with Gasteiger partial charge in [0.05, 0.1) is 5.69 Å². The maximum Gasteiger partial charge on any atom is 0.221 e. The Kier molecular flexibility index (Phi) is 5.51. The number of nitrogens with zero attached hydrogens (tertiary/aromatic N) is 1. The van der Waals surface area contributed by atoms with Crippen molar-refractivity contribution in [3.05, 3.63) is 24.0 Å². The zero-order chi connectivity index (χ0) is 13.5. The van der Waals surface area contributed by atoms with Crippen LogP contribution in [0.5, 0.6) is 0 Å². The summed E-state index contributed by atoms with van der Waals surface area (Å²) in [5.74, 6) is 0.0288. The van der Waals surface area contributed by atoms with E-state index in [1.165, 1.54) is 0 Å². The standard InChI is InChI=1S/C12H18N4OS/c1-8(2)16-11(17)4-6-14-9-3-5-15-10(7-9)12(13)18/h3,5,7-8H,4,6H2,1-2H3,(H2,13,18)(H,14,15)(H,16,17). The molecule has 0 saturated heterocycles. The molecule has 0 aliphatic heterocycles. The normalized spacial score (nSPS) is 10.2. The maximum atomic E-state index is 11.4. The number of hydrogen-bond acceptors (Lipinski definition) is 4. The van der Waals surface area contributed by atoms with Crippen molar-refractivity contribution in [2.45, 2.75) is 26.3 Å². The van der Waals surface area contributed by atoms with Crippen LogP contribution < -0.4 is 16.4 Å². The van der Waals surface area contributed by atoms with Gasteiger partial charge in [-0.1, -0.05) is 12.2 Å². The Morgan fingerprint density at radius 1 is 1.56 bits per heavy atom. The smallest absolute Gasteiger partial charge is 0.221 e. The van der Waals surface area contributed by atoms with Gasteiger partial charge in [0.15, 0.2) is 0 Å². The summed E-state index contributed by atoms with van der Waals surface area (Å²) in [6, 6.07) is 3.74. The van der Waals surface area contributed by atoms with E-state index < -0.39 is 0 Å². The second-order valence-corrected chi connectivity index (χ2v) is 4.63. The predicted molar refractivity (Wildman–Crippen MR) is 76.5 cm³/mol. The molecule has 1 heterocycles. The topological polar surface area (TPSA) is 80.0 Å². The molecule has 5 nitrogen and oxygen atoms in total. The van der Waals surface area contributed by atoms with Crippen molar-refractivity contribution >= 4 is 28.8 Å². The van der Waals surface area contributed by atoms with Crippen molar-refractivity contribution in [2.75, 3.05) is 11.9 Å². The first-order valence-corrected chi connectivity index (χ1v) is 6.19. The van der Waals surface area contributed by atoms with Crippen LogP contribution >= 0.6 is 12.2 Å². The first kappa shape index (κ1) is 14.4. The lowest BCUT2D eigenvalue weighted by Crippen LogP contribution is -2.31. The molecule has 1 rings (SSSR count). The lowest BCUT2D eigenvalue weighted by molar-refractivity contribution is -0.121. The van der Waals surface area contributed by atoms with Crippen molar-refractivity contribution in [3.63, 3.8) is 0 Å². The summed E-state index contributed by atoms with van der Waals surface area (Å²) in [6.07, 6.45) is 2.05. The summed E-state index contributed by atoms with van der Waals surface area (Å²) in [5.41, 5.74) is 6.91. The van der Waals surface area contributed by atoms with E-state index in [0.29, 0.717) is 18.7 Å². The molecule has 0 spiro atoms. The van der Waals surface area contributed by atoms with Gasteiger partial charge in [-0.2, -0.15) is 0 Å². The molecule has 0 unspecified atom stereocenters. The monoisotopic (exact) mass is 266 g/mol. The molecule has 0 fully saturated rings. The van der Waals surface area contributed by atoms with Crippen LogP contribution in [0.25, 0.3) is 0 Å². The van der Waals surface area contributed by atoms with Crippen LogP contribution in [0.3, 0.4) is 0 Å². The number of nitrogens with two attached hydrogens (primary N) is 1. The van der Waals surface area contributed by atoms with Gasteiger partial charge >= 0.3 is 0 Å². The third-order valence-corrected chi connectivity index (χ3v) is 2.35. The number of carbonyl (C=O) groups is 1. The quantitative estimate of drug-likeness (QED) is 0.670. The number of thiocarbonyl (C=S) groups is 1. The molecular formula is C12H18N4OS. The van der Waals surface area contributed by atoms with E-state index >= 15 is 0 Å². The average Bonchev–Trinajstić information content (AvgIpc) is 2.28. The van der Waals surface area contributed by atoms with Crippen LogP contribution in [-0.2, 0) is 4.79 Å². The van der Waals surface area contributed by atoms with Crippen molar-refractivity contribution in [2.24, 2.45) is 5.73 Å². The molecular weight excluding hydrogens is 248 g/mol. The number of pyridine rings is 1. The van der Waals surface area contributed by atoms with Crippen LogP contribution in [0.4, 0.5) is 5.69 Å². The van der Waals surface area contributed by atoms with Gasteiger partial charge in [-0.3, -0.25) is 9.78 Å². The lowest BCUT2D eigenvalue weighted by Gasteiger charge is -2.10. The fourth-order valence-electron chi connectivity index (χ4n) is 1.39. The number of amides is 1. The van der Waals surface area contributed by atoms with Crippen molar-refractivity contribution in [1.29, 1.82) is 0 Å². The second kappa shape index (κ2) is 6.90. The molecule has 18 heavy (non-hydrogen) atoms. The van der Waals surface area contributed by atoms with E-state index in [0.717, 1.165) is 5.69 Å². The highest BCUT2D eigenvalue weighted by molar-refractivity contribution is 7.80. The molecule has 0 aliphatic rings. The zero-order valence-corrected chi connectivity index (χ0v) is 11.4. The van der Waals surface area contributed by atoms with E-state index in [2.05, 4.69) is 15.6 Å². The van der Waals surface area contributed by atoms with Crippen molar-refractivity contribution in [3.8, 4) is 0 Å². The number of aromatic nitrogens is 1. The van der Waals surface area contributed by atoms with Gasteiger partial charge in [0.2, 0.25) is 5.91 Å². The number of carbonyl (C=O) groups excluding carboxylic acids is 1. The fourth-order valence-corrected chi connectivity index (χ4v) is 1.50. The fraction of sp³-hybridized carbons (Fsp3) is 0.417. The summed E-state index contributed by atoms with van der Waals surface area (Å²) >= 11 is 4.85. The Balaban J connectivity index is 2.42. The van der Waals surface area contributed by atoms with E-state index in [1.807, 2.05) is 19.9 Å².